The molecule has 0 amide bonds. The van der Waals surface area contributed by atoms with Crippen molar-refractivity contribution in [3.63, 3.8) is 0 Å². The first kappa shape index (κ1) is 8.89. The van der Waals surface area contributed by atoms with Gasteiger partial charge in [-0.25, -0.2) is 0 Å². The summed E-state index contributed by atoms with van der Waals surface area (Å²) < 4.78 is 0. The van der Waals surface area contributed by atoms with E-state index in [2.05, 4.69) is 26.1 Å². The zero-order valence-corrected chi connectivity index (χ0v) is 9.12. The topological polar surface area (TPSA) is 12.0 Å². The van der Waals surface area contributed by atoms with Crippen LogP contribution in [0.15, 0.2) is 0 Å². The molecule has 0 radical (unpaired) electrons. The first-order valence-corrected chi connectivity index (χ1v) is 5.37. The summed E-state index contributed by atoms with van der Waals surface area (Å²) in [7, 11) is 0. The summed E-state index contributed by atoms with van der Waals surface area (Å²) >= 11 is 4.79. The van der Waals surface area contributed by atoms with Crippen LogP contribution in [0.1, 0.15) is 33.6 Å². The highest BCUT2D eigenvalue weighted by atomic mass is 32.1. The van der Waals surface area contributed by atoms with E-state index in [1.165, 1.54) is 12.8 Å². The largest absolute Gasteiger partial charge is 0.313 e. The lowest BCUT2D eigenvalue weighted by Gasteiger charge is -2.45. The molecule has 1 nitrogen and oxygen atoms in total. The van der Waals surface area contributed by atoms with Gasteiger partial charge in [-0.15, -0.1) is 0 Å². The summed E-state index contributed by atoms with van der Waals surface area (Å²) in [6.45, 7) is 8.23. The van der Waals surface area contributed by atoms with Crippen molar-refractivity contribution in [1.29, 1.82) is 0 Å². The van der Waals surface area contributed by atoms with E-state index in [1.807, 2.05) is 0 Å². The summed E-state index contributed by atoms with van der Waals surface area (Å²) in [6, 6.07) is 0.758. The molecule has 1 N–H and O–H groups in total. The van der Waals surface area contributed by atoms with Crippen LogP contribution in [0.2, 0.25) is 0 Å². The standard InChI is InChI=1S/C10H19NS/c1-9(2)4-7-5-10(3,6-11-7)8(9)12/h7-8,11-12H,4-6H2,1-3H3. The van der Waals surface area contributed by atoms with Crippen molar-refractivity contribution in [1.82, 2.24) is 5.32 Å². The first-order chi connectivity index (χ1) is 5.44. The normalized spacial score (nSPS) is 51.0. The van der Waals surface area contributed by atoms with Gasteiger partial charge in [-0.05, 0) is 23.7 Å². The second kappa shape index (κ2) is 2.42. The van der Waals surface area contributed by atoms with E-state index in [1.54, 1.807) is 0 Å². The lowest BCUT2D eigenvalue weighted by atomic mass is 9.65. The van der Waals surface area contributed by atoms with Crippen LogP contribution < -0.4 is 5.32 Å². The Kier molecular flexibility index (Phi) is 1.79. The third-order valence-electron chi connectivity index (χ3n) is 3.68. The number of hydrogen-bond donors (Lipinski definition) is 2. The molecule has 1 aliphatic carbocycles. The van der Waals surface area contributed by atoms with Crippen LogP contribution in [0.3, 0.4) is 0 Å². The highest BCUT2D eigenvalue weighted by Gasteiger charge is 2.51. The molecule has 12 heavy (non-hydrogen) atoms. The molecule has 3 atom stereocenters. The van der Waals surface area contributed by atoms with E-state index in [4.69, 9.17) is 12.6 Å². The monoisotopic (exact) mass is 185 g/mol. The van der Waals surface area contributed by atoms with Gasteiger partial charge in [0.15, 0.2) is 0 Å². The van der Waals surface area contributed by atoms with Crippen molar-refractivity contribution in [2.75, 3.05) is 6.54 Å². The van der Waals surface area contributed by atoms with Gasteiger partial charge < -0.3 is 5.32 Å². The van der Waals surface area contributed by atoms with Crippen molar-refractivity contribution in [2.24, 2.45) is 10.8 Å². The Labute approximate surface area is 80.7 Å². The fraction of sp³-hybridized carbons (Fsp3) is 1.00. The molecule has 2 bridgehead atoms. The molecule has 2 fully saturated rings. The van der Waals surface area contributed by atoms with Crippen LogP contribution >= 0.6 is 12.6 Å². The Morgan fingerprint density at radius 2 is 1.92 bits per heavy atom. The van der Waals surface area contributed by atoms with Crippen LogP contribution in [0.4, 0.5) is 0 Å². The zero-order chi connectivity index (χ0) is 8.98. The van der Waals surface area contributed by atoms with E-state index in [0.717, 1.165) is 12.6 Å². The molecule has 1 aliphatic heterocycles. The van der Waals surface area contributed by atoms with Crippen LogP contribution in [-0.4, -0.2) is 17.8 Å². The molecule has 0 aromatic rings. The third kappa shape index (κ3) is 1.12. The second-order valence-electron chi connectivity index (χ2n) is 5.53. The lowest BCUT2D eigenvalue weighted by Crippen LogP contribution is -2.44. The van der Waals surface area contributed by atoms with Crippen molar-refractivity contribution in [2.45, 2.75) is 44.9 Å². The fourth-order valence-corrected chi connectivity index (χ4v) is 3.43. The summed E-state index contributed by atoms with van der Waals surface area (Å²) in [6.07, 6.45) is 2.61. The number of thiol groups is 1. The summed E-state index contributed by atoms with van der Waals surface area (Å²) in [4.78, 5) is 0. The summed E-state index contributed by atoms with van der Waals surface area (Å²) in [5, 5.41) is 4.15. The highest BCUT2D eigenvalue weighted by Crippen LogP contribution is 2.51. The van der Waals surface area contributed by atoms with Gasteiger partial charge in [-0.3, -0.25) is 0 Å². The SMILES string of the molecule is CC1(C)CC2CC(C)(CN2)C1S. The quantitative estimate of drug-likeness (QED) is 0.551. The van der Waals surface area contributed by atoms with Gasteiger partial charge in [0.05, 0.1) is 0 Å². The van der Waals surface area contributed by atoms with E-state index in [9.17, 15) is 0 Å². The Hall–Kier alpha value is 0.310. The maximum absolute atomic E-state index is 4.79. The number of fused-ring (bicyclic) bond motifs is 2. The minimum atomic E-state index is 0.407. The maximum atomic E-state index is 4.79. The van der Waals surface area contributed by atoms with Gasteiger partial charge >= 0.3 is 0 Å². The van der Waals surface area contributed by atoms with Gasteiger partial charge in [0.25, 0.3) is 0 Å². The Balaban J connectivity index is 2.29. The highest BCUT2D eigenvalue weighted by molar-refractivity contribution is 7.81. The van der Waals surface area contributed by atoms with Crippen LogP contribution in [0, 0.1) is 10.8 Å². The molecule has 1 heterocycles. The predicted octanol–water partition coefficient (Wildman–Crippen LogP) is 2.08. The minimum absolute atomic E-state index is 0.407. The second-order valence-corrected chi connectivity index (χ2v) is 6.05. The Morgan fingerprint density at radius 3 is 2.58 bits per heavy atom. The van der Waals surface area contributed by atoms with Crippen LogP contribution in [0.5, 0.6) is 0 Å². The number of rotatable bonds is 0. The Morgan fingerprint density at radius 1 is 1.25 bits per heavy atom. The molecule has 2 rings (SSSR count). The van der Waals surface area contributed by atoms with Crippen molar-refractivity contribution >= 4 is 12.6 Å². The van der Waals surface area contributed by atoms with Gasteiger partial charge in [-0.2, -0.15) is 12.6 Å². The minimum Gasteiger partial charge on any atom is -0.313 e. The van der Waals surface area contributed by atoms with E-state index in [-0.39, 0.29) is 0 Å². The number of nitrogens with one attached hydrogen (secondary N) is 1. The van der Waals surface area contributed by atoms with E-state index >= 15 is 0 Å². The average molecular weight is 185 g/mol. The molecule has 0 spiro atoms. The molecular formula is C10H19NS. The van der Waals surface area contributed by atoms with Gasteiger partial charge in [0, 0.05) is 17.8 Å². The predicted molar refractivity (Wildman–Crippen MR) is 55.7 cm³/mol. The lowest BCUT2D eigenvalue weighted by molar-refractivity contribution is 0.150. The van der Waals surface area contributed by atoms with E-state index in [0.29, 0.717) is 16.1 Å². The van der Waals surface area contributed by atoms with Gasteiger partial charge in [-0.1, -0.05) is 20.8 Å². The molecule has 0 aromatic heterocycles. The Bertz CT molecular complexity index is 202. The molecule has 3 unspecified atom stereocenters. The summed E-state index contributed by atoms with van der Waals surface area (Å²) in [5.74, 6) is 0. The fourth-order valence-electron chi connectivity index (χ4n) is 3.13. The van der Waals surface area contributed by atoms with Crippen molar-refractivity contribution in [3.05, 3.63) is 0 Å². The van der Waals surface area contributed by atoms with Crippen LogP contribution in [-0.2, 0) is 0 Å². The third-order valence-corrected chi connectivity index (χ3v) is 5.00. The molecule has 2 heteroatoms. The molecule has 0 aromatic carbocycles. The molecule has 2 aliphatic rings. The smallest absolute Gasteiger partial charge is 0.0135 e. The van der Waals surface area contributed by atoms with Crippen molar-refractivity contribution in [3.8, 4) is 0 Å². The average Bonchev–Trinajstić information content (AvgIpc) is 2.26. The van der Waals surface area contributed by atoms with Gasteiger partial charge in [0.2, 0.25) is 0 Å². The molecular weight excluding hydrogens is 166 g/mol. The van der Waals surface area contributed by atoms with Gasteiger partial charge in [0.1, 0.15) is 0 Å². The molecule has 1 saturated heterocycles. The van der Waals surface area contributed by atoms with Crippen molar-refractivity contribution < 1.29 is 0 Å². The molecule has 70 valence electrons. The first-order valence-electron chi connectivity index (χ1n) is 4.85. The zero-order valence-electron chi connectivity index (χ0n) is 8.22. The molecule has 1 saturated carbocycles. The van der Waals surface area contributed by atoms with E-state index < -0.39 is 0 Å². The maximum Gasteiger partial charge on any atom is 0.0135 e. The summed E-state index contributed by atoms with van der Waals surface area (Å²) in [5.41, 5.74) is 0.847. The van der Waals surface area contributed by atoms with Crippen LogP contribution in [0.25, 0.3) is 0 Å². The number of hydrogen-bond acceptors (Lipinski definition) is 2.